The summed E-state index contributed by atoms with van der Waals surface area (Å²) < 4.78 is 5.34. The number of likely N-dealkylation sites (N-methyl/N-ethyl adjacent to an activating group) is 1. The third-order valence-electron chi connectivity index (χ3n) is 4.15. The summed E-state index contributed by atoms with van der Waals surface area (Å²) in [6, 6.07) is 0. The predicted octanol–water partition coefficient (Wildman–Crippen LogP) is 2.49. The fourth-order valence-electron chi connectivity index (χ4n) is 2.64. The Morgan fingerprint density at radius 3 is 2.76 bits per heavy atom. The van der Waals surface area contributed by atoms with Crippen LogP contribution in [0.5, 0.6) is 0 Å². The van der Waals surface area contributed by atoms with Gasteiger partial charge in [0.15, 0.2) is 0 Å². The zero-order chi connectivity index (χ0) is 14.9. The van der Waals surface area contributed by atoms with Crippen molar-refractivity contribution in [2.75, 3.05) is 52.1 Å². The number of esters is 1. The highest BCUT2D eigenvalue weighted by Crippen LogP contribution is 2.39. The first kappa shape index (κ1) is 17.4. The molecule has 2 fully saturated rings. The lowest BCUT2D eigenvalue weighted by atomic mass is 10.1. The number of ether oxygens (including phenoxy) is 1. The van der Waals surface area contributed by atoms with Crippen molar-refractivity contribution in [1.29, 1.82) is 0 Å². The van der Waals surface area contributed by atoms with Crippen LogP contribution in [0.25, 0.3) is 0 Å². The van der Waals surface area contributed by atoms with Crippen LogP contribution in [-0.2, 0) is 9.53 Å². The van der Waals surface area contributed by atoms with Gasteiger partial charge in [-0.25, -0.2) is 0 Å². The summed E-state index contributed by atoms with van der Waals surface area (Å²) in [5, 5.41) is 0.822. The monoisotopic (exact) mass is 332 g/mol. The van der Waals surface area contributed by atoms with Gasteiger partial charge in [-0.05, 0) is 26.3 Å². The lowest BCUT2D eigenvalue weighted by Crippen LogP contribution is -2.45. The van der Waals surface area contributed by atoms with Crippen molar-refractivity contribution in [1.82, 2.24) is 9.80 Å². The number of carbonyl (C=O) groups excluding carboxylic acids is 1. The van der Waals surface area contributed by atoms with E-state index in [0.29, 0.717) is 13.0 Å². The summed E-state index contributed by atoms with van der Waals surface area (Å²) in [5.41, 5.74) is 0. The van der Waals surface area contributed by atoms with Crippen LogP contribution in [-0.4, -0.2) is 73.2 Å². The number of rotatable bonds is 8. The molecule has 0 spiro atoms. The maximum absolute atomic E-state index is 11.7. The van der Waals surface area contributed by atoms with Gasteiger partial charge in [0.2, 0.25) is 0 Å². The first-order valence-electron chi connectivity index (χ1n) is 8.09. The largest absolute Gasteiger partial charge is 0.464 e. The predicted molar refractivity (Wildman–Crippen MR) is 91.8 cm³/mol. The van der Waals surface area contributed by atoms with Gasteiger partial charge in [-0.15, -0.1) is 0 Å². The average molecular weight is 333 g/mol. The summed E-state index contributed by atoms with van der Waals surface area (Å²) in [6.45, 7) is 5.85. The molecular weight excluding hydrogens is 304 g/mol. The molecule has 0 amide bonds. The van der Waals surface area contributed by atoms with Gasteiger partial charge in [0, 0.05) is 50.1 Å². The highest BCUT2D eigenvalue weighted by molar-refractivity contribution is 8.77. The number of hydrogen-bond donors (Lipinski definition) is 0. The fourth-order valence-corrected chi connectivity index (χ4v) is 5.67. The summed E-state index contributed by atoms with van der Waals surface area (Å²) in [4.78, 5) is 16.4. The third-order valence-corrected chi connectivity index (χ3v) is 7.16. The summed E-state index contributed by atoms with van der Waals surface area (Å²) >= 11 is 0. The maximum Gasteiger partial charge on any atom is 0.305 e. The SMILES string of the molecule is CN1CCN(CCOC(=O)CCCC[C@@H]2CCSS2)CC1. The molecule has 0 aliphatic carbocycles. The molecule has 0 unspecified atom stereocenters. The van der Waals surface area contributed by atoms with E-state index in [1.165, 1.54) is 18.6 Å². The number of nitrogens with zero attached hydrogens (tertiary/aromatic N) is 2. The highest BCUT2D eigenvalue weighted by atomic mass is 33.1. The summed E-state index contributed by atoms with van der Waals surface area (Å²) in [6.07, 6.45) is 5.32. The Hall–Kier alpha value is 0.0900. The van der Waals surface area contributed by atoms with Crippen LogP contribution in [0.2, 0.25) is 0 Å². The molecular formula is C15H28N2O2S2. The van der Waals surface area contributed by atoms with Crippen LogP contribution in [0.3, 0.4) is 0 Å². The van der Waals surface area contributed by atoms with Crippen molar-refractivity contribution in [3.05, 3.63) is 0 Å². The Balaban J connectivity index is 1.42. The lowest BCUT2D eigenvalue weighted by Gasteiger charge is -2.32. The Labute approximate surface area is 136 Å². The number of hydrogen-bond acceptors (Lipinski definition) is 6. The second-order valence-electron chi connectivity index (χ2n) is 5.94. The van der Waals surface area contributed by atoms with E-state index in [9.17, 15) is 4.79 Å². The first-order chi connectivity index (χ1) is 10.2. The molecule has 0 N–H and O–H groups in total. The minimum atomic E-state index is -0.0161. The standard InChI is InChI=1S/C15H28N2O2S2/c1-16-7-9-17(10-8-16)11-12-19-15(18)5-3-2-4-14-6-13-20-21-14/h14H,2-13H2,1H3/t14-/m1/s1. The number of carbonyl (C=O) groups is 1. The molecule has 0 bridgehead atoms. The van der Waals surface area contributed by atoms with E-state index in [1.807, 2.05) is 21.6 Å². The van der Waals surface area contributed by atoms with Crippen LogP contribution in [0, 0.1) is 0 Å². The number of unbranched alkanes of at least 4 members (excludes halogenated alkanes) is 1. The number of piperazine rings is 1. The summed E-state index contributed by atoms with van der Waals surface area (Å²) in [7, 11) is 6.16. The second kappa shape index (κ2) is 9.98. The summed E-state index contributed by atoms with van der Waals surface area (Å²) in [5.74, 6) is 1.28. The first-order valence-corrected chi connectivity index (χ1v) is 10.5. The highest BCUT2D eigenvalue weighted by Gasteiger charge is 2.16. The maximum atomic E-state index is 11.7. The van der Waals surface area contributed by atoms with Gasteiger partial charge < -0.3 is 9.64 Å². The van der Waals surface area contributed by atoms with Crippen LogP contribution >= 0.6 is 21.6 Å². The minimum Gasteiger partial charge on any atom is -0.464 e. The zero-order valence-corrected chi connectivity index (χ0v) is 14.7. The Bertz CT molecular complexity index is 304. The van der Waals surface area contributed by atoms with Gasteiger partial charge in [0.05, 0.1) is 0 Å². The Morgan fingerprint density at radius 1 is 1.24 bits per heavy atom. The second-order valence-corrected chi connectivity index (χ2v) is 8.73. The van der Waals surface area contributed by atoms with Gasteiger partial charge in [-0.1, -0.05) is 28.0 Å². The van der Waals surface area contributed by atoms with E-state index in [2.05, 4.69) is 16.8 Å². The Morgan fingerprint density at radius 2 is 2.05 bits per heavy atom. The molecule has 0 aromatic carbocycles. The van der Waals surface area contributed by atoms with Gasteiger partial charge in [0.1, 0.15) is 6.61 Å². The van der Waals surface area contributed by atoms with Crippen molar-refractivity contribution in [2.24, 2.45) is 0 Å². The zero-order valence-electron chi connectivity index (χ0n) is 13.1. The molecule has 0 radical (unpaired) electrons. The van der Waals surface area contributed by atoms with E-state index < -0.39 is 0 Å². The van der Waals surface area contributed by atoms with Crippen LogP contribution in [0.4, 0.5) is 0 Å². The van der Waals surface area contributed by atoms with E-state index in [-0.39, 0.29) is 5.97 Å². The van der Waals surface area contributed by atoms with Gasteiger partial charge in [-0.3, -0.25) is 9.69 Å². The molecule has 6 heteroatoms. The molecule has 2 saturated heterocycles. The van der Waals surface area contributed by atoms with Gasteiger partial charge >= 0.3 is 5.97 Å². The van der Waals surface area contributed by atoms with Crippen molar-refractivity contribution in [3.63, 3.8) is 0 Å². The molecule has 0 saturated carbocycles. The molecule has 21 heavy (non-hydrogen) atoms. The van der Waals surface area contributed by atoms with Crippen molar-refractivity contribution in [2.45, 2.75) is 37.4 Å². The van der Waals surface area contributed by atoms with Crippen molar-refractivity contribution in [3.8, 4) is 0 Å². The van der Waals surface area contributed by atoms with E-state index >= 15 is 0 Å². The van der Waals surface area contributed by atoms with Crippen LogP contribution in [0.1, 0.15) is 32.1 Å². The molecule has 0 aromatic rings. The molecule has 122 valence electrons. The fraction of sp³-hybridized carbons (Fsp3) is 0.933. The van der Waals surface area contributed by atoms with Gasteiger partial charge in [0.25, 0.3) is 0 Å². The minimum absolute atomic E-state index is 0.0161. The topological polar surface area (TPSA) is 32.8 Å². The molecule has 1 atom stereocenters. The molecule has 2 aliphatic heterocycles. The third kappa shape index (κ3) is 7.26. The van der Waals surface area contributed by atoms with Crippen molar-refractivity contribution >= 4 is 27.6 Å². The van der Waals surface area contributed by atoms with E-state index in [1.54, 1.807) is 0 Å². The normalized spacial score (nSPS) is 24.3. The van der Waals surface area contributed by atoms with E-state index in [0.717, 1.165) is 50.8 Å². The van der Waals surface area contributed by atoms with Crippen molar-refractivity contribution < 1.29 is 9.53 Å². The molecule has 0 aromatic heterocycles. The quantitative estimate of drug-likeness (QED) is 0.386. The molecule has 2 rings (SSSR count). The molecule has 4 nitrogen and oxygen atoms in total. The van der Waals surface area contributed by atoms with E-state index in [4.69, 9.17) is 4.74 Å². The smallest absolute Gasteiger partial charge is 0.305 e. The average Bonchev–Trinajstić information content (AvgIpc) is 2.99. The van der Waals surface area contributed by atoms with Crippen LogP contribution in [0.15, 0.2) is 0 Å². The van der Waals surface area contributed by atoms with Crippen LogP contribution < -0.4 is 0 Å². The Kier molecular flexibility index (Phi) is 8.29. The molecule has 2 aliphatic rings. The molecule has 2 heterocycles. The van der Waals surface area contributed by atoms with Gasteiger partial charge in [-0.2, -0.15) is 0 Å². The lowest BCUT2D eigenvalue weighted by molar-refractivity contribution is -0.144.